The number of nitrogens with one attached hydrogen (secondary N) is 3. The van der Waals surface area contributed by atoms with Crippen LogP contribution in [0, 0.1) is 3.57 Å². The van der Waals surface area contributed by atoms with Gasteiger partial charge in [-0.2, -0.15) is 10.2 Å². The van der Waals surface area contributed by atoms with Crippen LogP contribution in [-0.4, -0.2) is 101 Å². The number of rotatable bonds is 21. The highest BCUT2D eigenvalue weighted by molar-refractivity contribution is 14.1. The molecule has 16 heteroatoms. The molecule has 4 aromatic carbocycles. The molecule has 0 bridgehead atoms. The highest BCUT2D eigenvalue weighted by atomic mass is 127. The Labute approximate surface area is 382 Å². The molecule has 15 nitrogen and oxygen atoms in total. The zero-order chi connectivity index (χ0) is 44.2. The molecule has 0 saturated carbocycles. The van der Waals surface area contributed by atoms with Crippen LogP contribution < -0.4 is 20.9 Å². The Hall–Kier alpha value is -6.53. The number of amides is 2. The molecule has 1 aliphatic rings. The smallest absolute Gasteiger partial charge is 0.224 e. The molecular weight excluding hydrogens is 906 g/mol. The van der Waals surface area contributed by atoms with E-state index in [1.165, 1.54) is 6.33 Å². The van der Waals surface area contributed by atoms with Crippen LogP contribution in [0.25, 0.3) is 11.4 Å². The zero-order valence-electron chi connectivity index (χ0n) is 35.8. The second-order valence-electron chi connectivity index (χ2n) is 14.5. The van der Waals surface area contributed by atoms with Gasteiger partial charge in [-0.15, -0.1) is 20.4 Å². The monoisotopic (exact) mass is 957 g/mol. The second-order valence-corrected chi connectivity index (χ2v) is 15.6. The maximum absolute atomic E-state index is 12.4. The van der Waals surface area contributed by atoms with Crippen molar-refractivity contribution >= 4 is 74.3 Å². The normalized spacial score (nSPS) is 13.6. The van der Waals surface area contributed by atoms with Crippen LogP contribution in [0.1, 0.15) is 32.3 Å². The molecule has 5 aromatic rings. The molecule has 3 N–H and O–H groups in total. The van der Waals surface area contributed by atoms with Crippen molar-refractivity contribution in [2.24, 2.45) is 20.2 Å². The molecule has 324 valence electrons. The largest absolute Gasteiger partial charge is 0.375 e. The van der Waals surface area contributed by atoms with Crippen molar-refractivity contribution in [1.29, 1.82) is 0 Å². The molecule has 1 aromatic heterocycles. The van der Waals surface area contributed by atoms with Crippen LogP contribution in [0.4, 0.5) is 28.4 Å². The fraction of sp³-hybridized carbons (Fsp3) is 0.277. The van der Waals surface area contributed by atoms with E-state index in [9.17, 15) is 9.59 Å². The van der Waals surface area contributed by atoms with Gasteiger partial charge in [-0.25, -0.2) is 9.98 Å². The molecule has 0 saturated heterocycles. The van der Waals surface area contributed by atoms with E-state index in [1.807, 2.05) is 110 Å². The third-order valence-corrected chi connectivity index (χ3v) is 10.8. The number of halogens is 1. The quantitative estimate of drug-likeness (QED) is 0.0286. The van der Waals surface area contributed by atoms with Crippen molar-refractivity contribution in [1.82, 2.24) is 41.2 Å². The zero-order valence-corrected chi connectivity index (χ0v) is 37.9. The van der Waals surface area contributed by atoms with Crippen molar-refractivity contribution in [3.05, 3.63) is 136 Å². The van der Waals surface area contributed by atoms with Gasteiger partial charge in [0.1, 0.15) is 0 Å². The van der Waals surface area contributed by atoms with E-state index in [4.69, 9.17) is 9.98 Å². The van der Waals surface area contributed by atoms with Crippen molar-refractivity contribution < 1.29 is 9.59 Å². The van der Waals surface area contributed by atoms with E-state index in [1.54, 1.807) is 0 Å². The highest BCUT2D eigenvalue weighted by Crippen LogP contribution is 2.29. The van der Waals surface area contributed by atoms with Crippen LogP contribution in [0.2, 0.25) is 0 Å². The third kappa shape index (κ3) is 14.5. The number of azo groups is 1. The number of anilines is 1. The van der Waals surface area contributed by atoms with Crippen LogP contribution in [0.3, 0.4) is 0 Å². The number of para-hydroxylation sites is 1. The van der Waals surface area contributed by atoms with Gasteiger partial charge in [0.25, 0.3) is 0 Å². The van der Waals surface area contributed by atoms with E-state index in [-0.39, 0.29) is 18.2 Å². The Balaban J connectivity index is 0.876. The predicted octanol–water partition coefficient (Wildman–Crippen LogP) is 7.88. The Kier molecular flexibility index (Phi) is 17.7. The van der Waals surface area contributed by atoms with Crippen LogP contribution >= 0.6 is 22.6 Å². The summed E-state index contributed by atoms with van der Waals surface area (Å²) in [5.41, 5.74) is 8.61. The lowest BCUT2D eigenvalue weighted by molar-refractivity contribution is -0.121. The number of likely N-dealkylation sites (N-methyl/N-ethyl adjacent to an activating group) is 1. The molecule has 63 heavy (non-hydrogen) atoms. The van der Waals surface area contributed by atoms with Gasteiger partial charge in [-0.05, 0) is 121 Å². The summed E-state index contributed by atoms with van der Waals surface area (Å²) in [7, 11) is 2.01. The minimum atomic E-state index is -0.0664. The van der Waals surface area contributed by atoms with Crippen LogP contribution in [-0.2, 0) is 16.0 Å². The summed E-state index contributed by atoms with van der Waals surface area (Å²) >= 11 is 2.29. The third-order valence-electron chi connectivity index (χ3n) is 9.97. The number of carbonyl (C=O) groups excluding carboxylic acids is 2. The summed E-state index contributed by atoms with van der Waals surface area (Å²) in [5, 5.41) is 33.4. The lowest BCUT2D eigenvalue weighted by Gasteiger charge is -2.24. The first-order valence-corrected chi connectivity index (χ1v) is 22.1. The Morgan fingerprint density at radius 1 is 0.714 bits per heavy atom. The van der Waals surface area contributed by atoms with Gasteiger partial charge < -0.3 is 25.8 Å². The van der Waals surface area contributed by atoms with Crippen molar-refractivity contribution in [2.75, 3.05) is 57.8 Å². The van der Waals surface area contributed by atoms with Gasteiger partial charge in [-0.1, -0.05) is 42.5 Å². The van der Waals surface area contributed by atoms with E-state index >= 15 is 0 Å². The first kappa shape index (κ1) is 46.0. The number of benzene rings is 4. The molecule has 2 amide bonds. The average Bonchev–Trinajstić information content (AvgIpc) is 3.31. The summed E-state index contributed by atoms with van der Waals surface area (Å²) in [6.45, 7) is 9.06. The molecule has 0 radical (unpaired) electrons. The van der Waals surface area contributed by atoms with Crippen molar-refractivity contribution in [2.45, 2.75) is 33.1 Å². The van der Waals surface area contributed by atoms with Crippen LogP contribution in [0.15, 0.2) is 148 Å². The molecule has 1 heterocycles. The standard InChI is InChI=1S/C47H52IN13O2/c1-4-61(5-2)40-22-24-43(44(32-40)54-36-10-7-6-8-11-36)55-42-23-19-38(31-41(42)48)57-56-37-17-20-39(21-18-37)60(3)29-9-12-45(62)50-27-25-49-26-28-51-46(63)30-34-13-15-35(16-14-34)47-58-52-33-53-59-47/h6-8,10-11,13-24,31-33,49H,4-5,9,12,25-30H2,1-3H3,(H,50,62)(H,51,63). The first-order valence-electron chi connectivity index (χ1n) is 21.0. The maximum Gasteiger partial charge on any atom is 0.224 e. The van der Waals surface area contributed by atoms with Gasteiger partial charge in [0.15, 0.2) is 6.33 Å². The van der Waals surface area contributed by atoms with E-state index in [2.05, 4.69) is 105 Å². The summed E-state index contributed by atoms with van der Waals surface area (Å²) in [6, 6.07) is 31.1. The van der Waals surface area contributed by atoms with Crippen molar-refractivity contribution in [3.8, 4) is 11.4 Å². The molecule has 0 aliphatic heterocycles. The Morgan fingerprint density at radius 2 is 1.40 bits per heavy atom. The first-order chi connectivity index (χ1) is 30.8. The number of hydrogen-bond acceptors (Lipinski definition) is 13. The molecular formula is C47H52IN13O2. The van der Waals surface area contributed by atoms with Gasteiger partial charge in [0.05, 0.1) is 40.6 Å². The second kappa shape index (κ2) is 24.2. The fourth-order valence-corrected chi connectivity index (χ4v) is 7.15. The Bertz CT molecular complexity index is 2420. The minimum Gasteiger partial charge on any atom is -0.375 e. The average molecular weight is 958 g/mol. The summed E-state index contributed by atoms with van der Waals surface area (Å²) in [4.78, 5) is 39.2. The number of aromatic nitrogens is 4. The van der Waals surface area contributed by atoms with Crippen LogP contribution in [0.5, 0.6) is 0 Å². The summed E-state index contributed by atoms with van der Waals surface area (Å²) in [6.07, 6.45) is 8.94. The van der Waals surface area contributed by atoms with Gasteiger partial charge in [-0.3, -0.25) is 9.59 Å². The number of aliphatic imine (C=N–C) groups is 2. The van der Waals surface area contributed by atoms with E-state index in [0.29, 0.717) is 44.8 Å². The van der Waals surface area contributed by atoms with Gasteiger partial charge in [0, 0.05) is 79.8 Å². The fourth-order valence-electron chi connectivity index (χ4n) is 6.53. The number of allylic oxidation sites excluding steroid dienone is 3. The highest BCUT2D eigenvalue weighted by Gasteiger charge is 2.15. The predicted molar refractivity (Wildman–Crippen MR) is 259 cm³/mol. The molecule has 0 spiro atoms. The maximum atomic E-state index is 12.4. The number of hydrogen-bond donors (Lipinski definition) is 3. The summed E-state index contributed by atoms with van der Waals surface area (Å²) < 4.78 is 0.954. The Morgan fingerprint density at radius 3 is 2.10 bits per heavy atom. The molecule has 0 fully saturated rings. The van der Waals surface area contributed by atoms with E-state index < -0.39 is 0 Å². The number of nitrogens with zero attached hydrogens (tertiary/aromatic N) is 10. The minimum absolute atomic E-state index is 0.0100. The van der Waals surface area contributed by atoms with Crippen molar-refractivity contribution in [3.63, 3.8) is 0 Å². The van der Waals surface area contributed by atoms with Gasteiger partial charge in [0.2, 0.25) is 17.6 Å². The topological polar surface area (TPSA) is 178 Å². The van der Waals surface area contributed by atoms with E-state index in [0.717, 1.165) is 79.9 Å². The lowest BCUT2D eigenvalue weighted by Crippen LogP contribution is -2.36. The molecule has 6 rings (SSSR count). The van der Waals surface area contributed by atoms with Gasteiger partial charge >= 0.3 is 0 Å². The molecule has 0 atom stereocenters. The summed E-state index contributed by atoms with van der Waals surface area (Å²) in [5.74, 6) is 0.378. The lowest BCUT2D eigenvalue weighted by atomic mass is 10.1. The SMILES string of the molecule is CCN(CC)C1=CC(=Nc2ccccc2)C(=Nc2ccc(N=Nc3ccc(N(C)CCCC(=O)NCCNCCNC(=O)Cc4ccc(-c5nncnn5)cc4)cc3)cc2I)C=C1. The molecule has 0 unspecified atom stereocenters. The number of carbonyl (C=O) groups is 2. The molecule has 1 aliphatic carbocycles.